The third kappa shape index (κ3) is 6.27. The molecule has 4 heteroatoms. The lowest BCUT2D eigenvalue weighted by molar-refractivity contribution is 0.302. The van der Waals surface area contributed by atoms with Crippen LogP contribution in [0.2, 0.25) is 0 Å². The van der Waals surface area contributed by atoms with Crippen LogP contribution in [0.3, 0.4) is 0 Å². The number of aryl methyl sites for hydroxylation is 1. The zero-order valence-corrected chi connectivity index (χ0v) is 13.8. The summed E-state index contributed by atoms with van der Waals surface area (Å²) >= 11 is 0. The van der Waals surface area contributed by atoms with E-state index in [2.05, 4.69) is 56.7 Å². The lowest BCUT2D eigenvalue weighted by atomic mass is 10.1. The summed E-state index contributed by atoms with van der Waals surface area (Å²) in [6.07, 6.45) is 2.74. The lowest BCUT2D eigenvalue weighted by Crippen LogP contribution is -2.35. The molecule has 2 N–H and O–H groups in total. The zero-order chi connectivity index (χ0) is 15.9. The highest BCUT2D eigenvalue weighted by atomic mass is 16.3. The van der Waals surface area contributed by atoms with Gasteiger partial charge in [-0.3, -0.25) is 0 Å². The minimum absolute atomic E-state index is 0.0850. The normalized spacial score (nSPS) is 11.5. The van der Waals surface area contributed by atoms with E-state index in [1.165, 1.54) is 5.56 Å². The highest BCUT2D eigenvalue weighted by Gasteiger charge is 2.12. The molecule has 1 aromatic rings. The number of hydrogen-bond donors (Lipinski definition) is 2. The van der Waals surface area contributed by atoms with Crippen LogP contribution in [0.5, 0.6) is 0 Å². The maximum Gasteiger partial charge on any atom is 0.129 e. The monoisotopic (exact) mass is 291 g/mol. The number of aliphatic hydroxyl groups is 1. The minimum atomic E-state index is 0.0850. The summed E-state index contributed by atoms with van der Waals surface area (Å²) < 4.78 is 0. The van der Waals surface area contributed by atoms with Crippen molar-refractivity contribution in [3.05, 3.63) is 36.0 Å². The van der Waals surface area contributed by atoms with E-state index in [0.29, 0.717) is 13.1 Å². The Morgan fingerprint density at radius 1 is 1.38 bits per heavy atom. The molecule has 0 radical (unpaired) electrons. The molecule has 0 saturated carbocycles. The minimum Gasteiger partial charge on any atom is -0.395 e. The van der Waals surface area contributed by atoms with Crippen molar-refractivity contribution in [2.24, 2.45) is 0 Å². The van der Waals surface area contributed by atoms with Crippen LogP contribution in [0.25, 0.3) is 0 Å². The summed E-state index contributed by atoms with van der Waals surface area (Å²) in [4.78, 5) is 6.72. The van der Waals surface area contributed by atoms with Gasteiger partial charge in [-0.15, -0.1) is 6.58 Å². The fourth-order valence-electron chi connectivity index (χ4n) is 2.02. The Kier molecular flexibility index (Phi) is 6.85. The van der Waals surface area contributed by atoms with Crippen LogP contribution >= 0.6 is 0 Å². The second kappa shape index (κ2) is 8.15. The molecule has 1 aromatic heterocycles. The Morgan fingerprint density at radius 2 is 2.10 bits per heavy atom. The molecule has 4 nitrogen and oxygen atoms in total. The number of aromatic nitrogens is 1. The number of anilines is 1. The van der Waals surface area contributed by atoms with Crippen LogP contribution in [0.4, 0.5) is 5.82 Å². The number of nitrogens with zero attached hydrogens (tertiary/aromatic N) is 2. The molecular weight excluding hydrogens is 262 g/mol. The van der Waals surface area contributed by atoms with Crippen molar-refractivity contribution in [3.8, 4) is 0 Å². The van der Waals surface area contributed by atoms with Gasteiger partial charge in [-0.2, -0.15) is 0 Å². The van der Waals surface area contributed by atoms with Gasteiger partial charge in [0.25, 0.3) is 0 Å². The van der Waals surface area contributed by atoms with Crippen molar-refractivity contribution in [3.63, 3.8) is 0 Å². The summed E-state index contributed by atoms with van der Waals surface area (Å²) in [5.41, 5.74) is 2.38. The number of rotatable bonds is 8. The standard InChI is InChI=1S/C17H29N3O/c1-6-8-20(9-10-21)16-12-14(11-15(7-2)19-16)13-18-17(3,4)5/h6,11-12,18,21H,1,7-10,13H2,2-5H3. The summed E-state index contributed by atoms with van der Waals surface area (Å²) in [7, 11) is 0. The molecule has 0 aliphatic carbocycles. The average molecular weight is 291 g/mol. The van der Waals surface area contributed by atoms with E-state index in [1.807, 2.05) is 11.0 Å². The molecule has 0 aromatic carbocycles. The lowest BCUT2D eigenvalue weighted by Gasteiger charge is -2.24. The topological polar surface area (TPSA) is 48.4 Å². The average Bonchev–Trinajstić information content (AvgIpc) is 2.44. The van der Waals surface area contributed by atoms with Crippen molar-refractivity contribution in [1.29, 1.82) is 0 Å². The molecule has 1 rings (SSSR count). The number of nitrogens with one attached hydrogen (secondary N) is 1. The fourth-order valence-corrected chi connectivity index (χ4v) is 2.02. The van der Waals surface area contributed by atoms with Crippen LogP contribution < -0.4 is 10.2 Å². The number of pyridine rings is 1. The van der Waals surface area contributed by atoms with Crippen LogP contribution in [0, 0.1) is 0 Å². The second-order valence-corrected chi connectivity index (χ2v) is 6.24. The van der Waals surface area contributed by atoms with E-state index >= 15 is 0 Å². The first-order valence-corrected chi connectivity index (χ1v) is 7.61. The first kappa shape index (κ1) is 17.7. The molecule has 1 heterocycles. The van der Waals surface area contributed by atoms with Gasteiger partial charge < -0.3 is 15.3 Å². The van der Waals surface area contributed by atoms with Gasteiger partial charge in [0.1, 0.15) is 5.82 Å². The van der Waals surface area contributed by atoms with Gasteiger partial charge >= 0.3 is 0 Å². The Hall–Kier alpha value is -1.39. The maximum atomic E-state index is 9.21. The van der Waals surface area contributed by atoms with E-state index in [9.17, 15) is 5.11 Å². The van der Waals surface area contributed by atoms with Crippen LogP contribution in [0.15, 0.2) is 24.8 Å². The Balaban J connectivity index is 2.99. The highest BCUT2D eigenvalue weighted by Crippen LogP contribution is 2.16. The van der Waals surface area contributed by atoms with Crippen LogP contribution in [-0.2, 0) is 13.0 Å². The first-order valence-electron chi connectivity index (χ1n) is 7.61. The van der Waals surface area contributed by atoms with Crippen molar-refractivity contribution in [1.82, 2.24) is 10.3 Å². The fraction of sp³-hybridized carbons (Fsp3) is 0.588. The molecule has 0 spiro atoms. The van der Waals surface area contributed by atoms with E-state index in [-0.39, 0.29) is 12.1 Å². The molecule has 21 heavy (non-hydrogen) atoms. The SMILES string of the molecule is C=CCN(CCO)c1cc(CNC(C)(C)C)cc(CC)n1. The van der Waals surface area contributed by atoms with E-state index < -0.39 is 0 Å². The van der Waals surface area contributed by atoms with Gasteiger partial charge in [-0.25, -0.2) is 4.98 Å². The predicted molar refractivity (Wildman–Crippen MR) is 89.7 cm³/mol. The Morgan fingerprint density at radius 3 is 2.62 bits per heavy atom. The summed E-state index contributed by atoms with van der Waals surface area (Å²) in [6, 6.07) is 4.24. The molecule has 0 saturated heterocycles. The van der Waals surface area contributed by atoms with E-state index in [1.54, 1.807) is 0 Å². The maximum absolute atomic E-state index is 9.21. The summed E-state index contributed by atoms with van der Waals surface area (Å²) in [6.45, 7) is 14.5. The molecule has 118 valence electrons. The third-order valence-corrected chi connectivity index (χ3v) is 3.15. The van der Waals surface area contributed by atoms with Gasteiger partial charge in [0.2, 0.25) is 0 Å². The molecular formula is C17H29N3O. The molecule has 0 aliphatic heterocycles. The van der Waals surface area contributed by atoms with Crippen molar-refractivity contribution < 1.29 is 5.11 Å². The predicted octanol–water partition coefficient (Wildman–Crippen LogP) is 2.52. The molecule has 0 bridgehead atoms. The smallest absolute Gasteiger partial charge is 0.129 e. The van der Waals surface area contributed by atoms with Gasteiger partial charge in [-0.1, -0.05) is 13.0 Å². The van der Waals surface area contributed by atoms with E-state index in [4.69, 9.17) is 0 Å². The Bertz CT molecular complexity index is 452. The second-order valence-electron chi connectivity index (χ2n) is 6.24. The van der Waals surface area contributed by atoms with Crippen LogP contribution in [-0.4, -0.2) is 35.3 Å². The van der Waals surface area contributed by atoms with Gasteiger partial charge in [0.05, 0.1) is 6.61 Å². The van der Waals surface area contributed by atoms with Gasteiger partial charge in [-0.05, 0) is 44.9 Å². The van der Waals surface area contributed by atoms with E-state index in [0.717, 1.165) is 24.5 Å². The molecule has 0 atom stereocenters. The number of hydrogen-bond acceptors (Lipinski definition) is 4. The van der Waals surface area contributed by atoms with Crippen molar-refractivity contribution in [2.45, 2.75) is 46.2 Å². The van der Waals surface area contributed by atoms with Crippen molar-refractivity contribution >= 4 is 5.82 Å². The summed E-state index contributed by atoms with van der Waals surface area (Å²) in [5, 5.41) is 12.7. The van der Waals surface area contributed by atoms with Gasteiger partial charge in [0.15, 0.2) is 0 Å². The van der Waals surface area contributed by atoms with Crippen molar-refractivity contribution in [2.75, 3.05) is 24.6 Å². The molecule has 0 unspecified atom stereocenters. The molecule has 0 amide bonds. The van der Waals surface area contributed by atoms with Crippen LogP contribution in [0.1, 0.15) is 39.0 Å². The Labute approximate surface area is 128 Å². The third-order valence-electron chi connectivity index (χ3n) is 3.15. The number of aliphatic hydroxyl groups excluding tert-OH is 1. The largest absolute Gasteiger partial charge is 0.395 e. The quantitative estimate of drug-likeness (QED) is 0.723. The first-order chi connectivity index (χ1) is 9.89. The highest BCUT2D eigenvalue weighted by molar-refractivity contribution is 5.43. The van der Waals surface area contributed by atoms with Gasteiger partial charge in [0, 0.05) is 30.9 Å². The zero-order valence-electron chi connectivity index (χ0n) is 13.8. The molecule has 0 fully saturated rings. The molecule has 0 aliphatic rings. The summed E-state index contributed by atoms with van der Waals surface area (Å²) in [5.74, 6) is 0.911.